The average molecular weight is 218 g/mol. The van der Waals surface area contributed by atoms with Crippen molar-refractivity contribution in [2.75, 3.05) is 0 Å². The average Bonchev–Trinajstić information content (AvgIpc) is 2.06. The molecule has 0 saturated heterocycles. The van der Waals surface area contributed by atoms with Crippen molar-refractivity contribution in [3.63, 3.8) is 0 Å². The Morgan fingerprint density at radius 2 is 2.38 bits per heavy atom. The van der Waals surface area contributed by atoms with Gasteiger partial charge < -0.3 is 11.1 Å². The lowest BCUT2D eigenvalue weighted by atomic mass is 10.5. The van der Waals surface area contributed by atoms with E-state index in [1.54, 1.807) is 12.3 Å². The molecule has 0 aliphatic rings. The molecule has 1 rings (SSSR count). The third kappa shape index (κ3) is 8.71. The maximum absolute atomic E-state index is 9.34. The number of nitrogens with one attached hydrogen (secondary N) is 1. The van der Waals surface area contributed by atoms with E-state index < -0.39 is 0 Å². The zero-order valence-corrected chi connectivity index (χ0v) is 8.18. The van der Waals surface area contributed by atoms with Crippen LogP contribution in [0.4, 0.5) is 0 Å². The van der Waals surface area contributed by atoms with E-state index in [1.165, 1.54) is 0 Å². The van der Waals surface area contributed by atoms with E-state index >= 15 is 0 Å². The van der Waals surface area contributed by atoms with Gasteiger partial charge >= 0.3 is 0 Å². The summed E-state index contributed by atoms with van der Waals surface area (Å²) in [6.45, 7) is 0. The summed E-state index contributed by atoms with van der Waals surface area (Å²) in [7, 11) is 0. The monoisotopic (exact) mass is 217 g/mol. The highest BCUT2D eigenvalue weighted by Gasteiger charge is 1.76. The molecule has 3 N–H and O–H groups in total. The normalized spacial score (nSPS) is 7.77. The first-order chi connectivity index (χ1) is 6.16. The van der Waals surface area contributed by atoms with Crippen LogP contribution >= 0.6 is 23.8 Å². The number of carbonyl (C=O) groups excluding carboxylic acids is 1. The Labute approximate surface area is 86.1 Å². The molecule has 0 spiro atoms. The third-order valence-electron chi connectivity index (χ3n) is 0.830. The van der Waals surface area contributed by atoms with Gasteiger partial charge in [-0.1, -0.05) is 17.7 Å². The number of aromatic nitrogens is 1. The second-order valence-corrected chi connectivity index (χ2v) is 2.61. The molecule has 0 unspecified atom stereocenters. The SMILES string of the molecule is Clc1ccccn1.NC(=S)NC=O. The summed E-state index contributed by atoms with van der Waals surface area (Å²) in [4.78, 5) is 13.1. The molecule has 13 heavy (non-hydrogen) atoms. The molecule has 0 radical (unpaired) electrons. The molecule has 6 heteroatoms. The van der Waals surface area contributed by atoms with Crippen LogP contribution in [-0.2, 0) is 4.79 Å². The van der Waals surface area contributed by atoms with Crippen LogP contribution in [0.15, 0.2) is 24.4 Å². The standard InChI is InChI=1S/C5H4ClN.C2H4N2OS/c6-5-3-1-2-4-7-5;3-2(6)4-1-5/h1-4H;1H,(H3,3,4,5,6). The van der Waals surface area contributed by atoms with Crippen molar-refractivity contribution in [1.82, 2.24) is 10.3 Å². The van der Waals surface area contributed by atoms with Crippen LogP contribution in [0.3, 0.4) is 0 Å². The van der Waals surface area contributed by atoms with E-state index in [0.717, 1.165) is 0 Å². The van der Waals surface area contributed by atoms with Crippen molar-refractivity contribution < 1.29 is 4.79 Å². The van der Waals surface area contributed by atoms with Gasteiger partial charge in [0.2, 0.25) is 6.41 Å². The number of hydrogen-bond acceptors (Lipinski definition) is 3. The van der Waals surface area contributed by atoms with Gasteiger partial charge in [0.05, 0.1) is 0 Å². The van der Waals surface area contributed by atoms with Crippen LogP contribution in [-0.4, -0.2) is 16.5 Å². The lowest BCUT2D eigenvalue weighted by Crippen LogP contribution is -2.27. The zero-order chi connectivity index (χ0) is 10.1. The van der Waals surface area contributed by atoms with Gasteiger partial charge in [0.15, 0.2) is 5.11 Å². The number of rotatable bonds is 1. The number of nitrogens with zero attached hydrogens (tertiary/aromatic N) is 1. The van der Waals surface area contributed by atoms with Gasteiger partial charge in [-0.15, -0.1) is 0 Å². The van der Waals surface area contributed by atoms with Gasteiger partial charge in [0.1, 0.15) is 5.15 Å². The first-order valence-corrected chi connectivity index (χ1v) is 4.01. The number of thiocarbonyl (C=S) groups is 1. The fourth-order valence-electron chi connectivity index (χ4n) is 0.400. The Balaban J connectivity index is 0.000000226. The predicted octanol–water partition coefficient (Wildman–Crippen LogP) is 0.711. The highest BCUT2D eigenvalue weighted by Crippen LogP contribution is 1.98. The molecular formula is C7H8ClN3OS. The van der Waals surface area contributed by atoms with E-state index in [0.29, 0.717) is 11.6 Å². The number of amides is 1. The van der Waals surface area contributed by atoms with Gasteiger partial charge in [-0.05, 0) is 24.4 Å². The summed E-state index contributed by atoms with van der Waals surface area (Å²) >= 11 is 9.66. The van der Waals surface area contributed by atoms with Crippen LogP contribution in [0, 0.1) is 0 Å². The first-order valence-electron chi connectivity index (χ1n) is 3.23. The van der Waals surface area contributed by atoms with E-state index in [4.69, 9.17) is 17.3 Å². The molecule has 0 saturated carbocycles. The van der Waals surface area contributed by atoms with Crippen molar-refractivity contribution in [2.45, 2.75) is 0 Å². The Kier molecular flexibility index (Phi) is 6.76. The van der Waals surface area contributed by atoms with Gasteiger partial charge in [0, 0.05) is 6.20 Å². The van der Waals surface area contributed by atoms with Crippen LogP contribution in [0.5, 0.6) is 0 Å². The topological polar surface area (TPSA) is 68.0 Å². The van der Waals surface area contributed by atoms with Crippen LogP contribution in [0.2, 0.25) is 5.15 Å². The van der Waals surface area contributed by atoms with Crippen LogP contribution in [0.1, 0.15) is 0 Å². The number of nitrogens with two attached hydrogens (primary N) is 1. The molecule has 1 amide bonds. The van der Waals surface area contributed by atoms with Crippen molar-refractivity contribution >= 4 is 35.3 Å². The first kappa shape index (κ1) is 11.8. The Morgan fingerprint density at radius 3 is 2.54 bits per heavy atom. The molecule has 0 aliphatic heterocycles. The summed E-state index contributed by atoms with van der Waals surface area (Å²) in [6, 6.07) is 5.41. The van der Waals surface area contributed by atoms with Gasteiger partial charge in [-0.25, -0.2) is 4.98 Å². The van der Waals surface area contributed by atoms with Crippen molar-refractivity contribution in [3.05, 3.63) is 29.5 Å². The summed E-state index contributed by atoms with van der Waals surface area (Å²) < 4.78 is 0. The highest BCUT2D eigenvalue weighted by atomic mass is 35.5. The number of hydrogen-bond donors (Lipinski definition) is 2. The van der Waals surface area contributed by atoms with Crippen molar-refractivity contribution in [3.8, 4) is 0 Å². The summed E-state index contributed by atoms with van der Waals surface area (Å²) in [5, 5.41) is 2.59. The predicted molar refractivity (Wildman–Crippen MR) is 55.2 cm³/mol. The van der Waals surface area contributed by atoms with Gasteiger partial charge in [-0.3, -0.25) is 4.79 Å². The fraction of sp³-hybridized carbons (Fsp3) is 0. The summed E-state index contributed by atoms with van der Waals surface area (Å²) in [5.74, 6) is 0. The lowest BCUT2D eigenvalue weighted by molar-refractivity contribution is -0.108. The molecule has 0 fully saturated rings. The number of pyridine rings is 1. The van der Waals surface area contributed by atoms with Crippen molar-refractivity contribution in [2.24, 2.45) is 5.73 Å². The smallest absolute Gasteiger partial charge is 0.213 e. The minimum Gasteiger partial charge on any atom is -0.376 e. The quantitative estimate of drug-likeness (QED) is 0.413. The largest absolute Gasteiger partial charge is 0.376 e. The van der Waals surface area contributed by atoms with E-state index in [-0.39, 0.29) is 5.11 Å². The molecular weight excluding hydrogens is 210 g/mol. The Bertz CT molecular complexity index is 268. The fourth-order valence-corrected chi connectivity index (χ4v) is 0.577. The lowest BCUT2D eigenvalue weighted by Gasteiger charge is -1.84. The summed E-state index contributed by atoms with van der Waals surface area (Å²) in [6.07, 6.45) is 2.09. The van der Waals surface area contributed by atoms with Gasteiger partial charge in [0.25, 0.3) is 0 Å². The molecule has 1 aromatic heterocycles. The molecule has 4 nitrogen and oxygen atoms in total. The minimum atomic E-state index is 0.00463. The van der Waals surface area contributed by atoms with Gasteiger partial charge in [-0.2, -0.15) is 0 Å². The number of halogens is 1. The molecule has 0 aromatic carbocycles. The molecule has 1 aromatic rings. The maximum Gasteiger partial charge on any atom is 0.213 e. The molecule has 1 heterocycles. The second-order valence-electron chi connectivity index (χ2n) is 1.78. The van der Waals surface area contributed by atoms with Crippen LogP contribution in [0.25, 0.3) is 0 Å². The van der Waals surface area contributed by atoms with Crippen LogP contribution < -0.4 is 11.1 Å². The summed E-state index contributed by atoms with van der Waals surface area (Å²) in [5.41, 5.74) is 4.79. The highest BCUT2D eigenvalue weighted by molar-refractivity contribution is 7.80. The Hall–Kier alpha value is -1.20. The zero-order valence-electron chi connectivity index (χ0n) is 6.61. The molecule has 0 bridgehead atoms. The van der Waals surface area contributed by atoms with E-state index in [9.17, 15) is 4.79 Å². The number of carbonyl (C=O) groups is 1. The van der Waals surface area contributed by atoms with E-state index in [1.807, 2.05) is 17.4 Å². The third-order valence-corrected chi connectivity index (χ3v) is 1.17. The van der Waals surface area contributed by atoms with Crippen molar-refractivity contribution in [1.29, 1.82) is 0 Å². The van der Waals surface area contributed by atoms with E-state index in [2.05, 4.69) is 17.2 Å². The molecule has 70 valence electrons. The molecule has 0 aliphatic carbocycles. The molecule has 0 atom stereocenters. The Morgan fingerprint density at radius 1 is 1.69 bits per heavy atom. The maximum atomic E-state index is 9.34. The second kappa shape index (κ2) is 7.45. The minimum absolute atomic E-state index is 0.00463.